The monoisotopic (exact) mass is 1180 g/mol. The van der Waals surface area contributed by atoms with Gasteiger partial charge < -0.3 is 43.0 Å². The van der Waals surface area contributed by atoms with Gasteiger partial charge in [-0.3, -0.25) is 34.0 Å². The van der Waals surface area contributed by atoms with Gasteiger partial charge in [-0.25, -0.2) is 14.2 Å². The minimum atomic E-state index is -4.86. The molecule has 1 aliphatic heterocycles. The number of methoxy groups -OCH3 is 1. The number of furan rings is 1. The van der Waals surface area contributed by atoms with E-state index in [2.05, 4.69) is 32.6 Å². The fraction of sp³-hybridized carbons (Fsp3) is 0.489. The van der Waals surface area contributed by atoms with E-state index < -0.39 is 72.1 Å². The van der Waals surface area contributed by atoms with Gasteiger partial charge in [0, 0.05) is 20.2 Å². The number of rotatable bonds is 15. The number of hydrogen-bond acceptors (Lipinski definition) is 13. The predicted molar refractivity (Wildman–Crippen MR) is 282 cm³/mol. The van der Waals surface area contributed by atoms with E-state index in [1.54, 1.807) is 52.0 Å². The van der Waals surface area contributed by atoms with Gasteiger partial charge >= 0.3 is 23.8 Å². The first-order valence-corrected chi connectivity index (χ1v) is 28.3. The number of nitrogens with zero attached hydrogens (tertiary/aromatic N) is 4. The fourth-order valence-corrected chi connectivity index (χ4v) is 7.45. The second-order valence-electron chi connectivity index (χ2n) is 16.8. The topological polar surface area (TPSA) is 252 Å². The molecule has 75 heavy (non-hydrogen) atoms. The number of carboxylic acids is 1. The molecule has 0 saturated carbocycles. The molecule has 2 unspecified atom stereocenters. The van der Waals surface area contributed by atoms with E-state index in [4.69, 9.17) is 75.0 Å². The van der Waals surface area contributed by atoms with Crippen molar-refractivity contribution in [3.8, 4) is 5.69 Å². The molecule has 1 saturated heterocycles. The number of hydrogen-bond donors (Lipinski definition) is 3. The minimum absolute atomic E-state index is 0.0104. The molecule has 3 heterocycles. The number of ether oxygens (including phenoxy) is 3. The molecule has 420 valence electrons. The van der Waals surface area contributed by atoms with Gasteiger partial charge in [-0.05, 0) is 92.9 Å². The van der Waals surface area contributed by atoms with Crippen LogP contribution in [0.2, 0.25) is 5.02 Å². The molecule has 2 aromatic carbocycles. The number of carboxylic acid groups (broad SMARTS) is 1. The van der Waals surface area contributed by atoms with Crippen LogP contribution >= 0.6 is 54.0 Å². The Morgan fingerprint density at radius 1 is 1.03 bits per heavy atom. The van der Waals surface area contributed by atoms with Crippen LogP contribution in [0.1, 0.15) is 80.6 Å². The maximum absolute atomic E-state index is 12.9. The summed E-state index contributed by atoms with van der Waals surface area (Å²) in [6.45, 7) is 11.1. The van der Waals surface area contributed by atoms with Crippen LogP contribution in [0.25, 0.3) is 5.69 Å². The Bertz CT molecular complexity index is 2640. The van der Waals surface area contributed by atoms with Gasteiger partial charge in [0.1, 0.15) is 43.5 Å². The summed E-state index contributed by atoms with van der Waals surface area (Å²) in [4.78, 5) is 90.1. The standard InChI is InChI=1S/C16H14ClF3N2O4.C14H20ClNO2.C11H13Cl2NO3.C3H8NO5P.C3H9S/c1-8(2)26-14(24)10-6-9(4-5-11(10)17)22-13(23)7-12(16(18,19)20)21(3)15(22)25;1-4-11-7-6-8-12(5-2)14(11)16(10-18-3)13(17)9-15;1-11(2)14(10(15)9(12)13)6-8(17-11)7-4-3-5-16-7;5-3(6)1-4-2-10(7,8)9;1-4(2)3/h4-8H,1-3H3;6-8H,4-5,9-10H2,1-3H3;3-5,8-9H,6H2,1-2H3;4H,1-2H2,(H,5,6)(H2,7,8,9);1-3H3/q;;;;+1/p-1. The lowest BCUT2D eigenvalue weighted by Crippen LogP contribution is -2.45. The zero-order valence-electron chi connectivity index (χ0n) is 43.0. The molecular formula is C47H63Cl4F3N5O14PS. The highest BCUT2D eigenvalue weighted by atomic mass is 35.5. The summed E-state index contributed by atoms with van der Waals surface area (Å²) in [6.07, 6.45) is 3.61. The van der Waals surface area contributed by atoms with Crippen molar-refractivity contribution < 1.29 is 70.4 Å². The van der Waals surface area contributed by atoms with Crippen molar-refractivity contribution in [2.24, 2.45) is 7.05 Å². The van der Waals surface area contributed by atoms with Crippen LogP contribution in [0.4, 0.5) is 18.9 Å². The Kier molecular flexibility index (Phi) is 29.0. The molecular weight excluding hydrogens is 1120 g/mol. The Hall–Kier alpha value is -4.39. The van der Waals surface area contributed by atoms with E-state index in [-0.39, 0.29) is 46.8 Å². The van der Waals surface area contributed by atoms with Gasteiger partial charge in [0.2, 0.25) is 5.91 Å². The molecule has 0 aliphatic carbocycles. The largest absolute Gasteiger partial charge is 0.778 e. The average molecular weight is 1180 g/mol. The zero-order chi connectivity index (χ0) is 57.8. The lowest BCUT2D eigenvalue weighted by atomic mass is 10.0. The number of esters is 1. The number of aryl methyl sites for hydroxylation is 2. The molecule has 0 bridgehead atoms. The molecule has 1 aliphatic rings. The molecule has 3 N–H and O–H groups in total. The number of alkyl halides is 6. The maximum Gasteiger partial charge on any atom is 0.431 e. The normalized spacial score (nSPS) is 14.5. The quantitative estimate of drug-likeness (QED) is 0.0352. The zero-order valence-corrected chi connectivity index (χ0v) is 47.8. The summed E-state index contributed by atoms with van der Waals surface area (Å²) in [5.74, 6) is -1.79. The van der Waals surface area contributed by atoms with Crippen molar-refractivity contribution in [1.29, 1.82) is 0 Å². The van der Waals surface area contributed by atoms with E-state index in [1.807, 2.05) is 29.6 Å². The average Bonchev–Trinajstić information content (AvgIpc) is 3.96. The number of nitrogens with one attached hydrogen (secondary N) is 1. The third-order valence-electron chi connectivity index (χ3n) is 9.62. The second kappa shape index (κ2) is 31.7. The number of carbonyl (C=O) groups is 4. The van der Waals surface area contributed by atoms with Crippen LogP contribution in [0, 0.1) is 0 Å². The smallest absolute Gasteiger partial charge is 0.431 e. The lowest BCUT2D eigenvalue weighted by molar-refractivity contribution is -0.193. The number of amides is 2. The molecule has 2 amide bonds. The predicted octanol–water partition coefficient (Wildman–Crippen LogP) is 7.14. The number of para-hydroxylation sites is 1. The first kappa shape index (κ1) is 68.6. The van der Waals surface area contributed by atoms with Gasteiger partial charge in [0.25, 0.3) is 11.5 Å². The summed E-state index contributed by atoms with van der Waals surface area (Å²) in [5, 5.41) is 9.98. The summed E-state index contributed by atoms with van der Waals surface area (Å²) in [5.41, 5.74) is -1.50. The number of carbonyl (C=O) groups excluding carboxylic acids is 3. The number of anilines is 1. The number of aromatic nitrogens is 2. The van der Waals surface area contributed by atoms with Crippen molar-refractivity contribution in [2.45, 2.75) is 83.3 Å². The fourth-order valence-electron chi connectivity index (χ4n) is 6.48. The Balaban J connectivity index is 0.000000509. The third kappa shape index (κ3) is 22.6. The maximum atomic E-state index is 12.9. The molecule has 5 rings (SSSR count). The molecule has 0 spiro atoms. The van der Waals surface area contributed by atoms with Crippen LogP contribution < -0.4 is 26.4 Å². The lowest BCUT2D eigenvalue weighted by Gasteiger charge is -2.29. The molecule has 2 aromatic heterocycles. The van der Waals surface area contributed by atoms with E-state index in [0.29, 0.717) is 38.4 Å². The van der Waals surface area contributed by atoms with Crippen molar-refractivity contribution in [3.63, 3.8) is 0 Å². The Labute approximate surface area is 455 Å². The molecule has 19 nitrogen and oxygen atoms in total. The van der Waals surface area contributed by atoms with Gasteiger partial charge in [0.15, 0.2) is 4.84 Å². The summed E-state index contributed by atoms with van der Waals surface area (Å²) in [6, 6.07) is 13.6. The van der Waals surface area contributed by atoms with Crippen molar-refractivity contribution in [3.05, 3.63) is 115 Å². The SMILES string of the molecule is CC(C)OC(=O)c1cc(-n2c(=O)cc(C(F)(F)F)n(C)c2=O)ccc1Cl.CC1(C)OC(c2ccco2)CN1C(=O)C(Cl)Cl.CCc1cccc(CC)c1N(COC)C(=O)CCl.C[S+](C)C.O=C(O)CNCP(=O)([O-])O. The molecule has 28 heteroatoms. The van der Waals surface area contributed by atoms with Gasteiger partial charge in [-0.1, -0.05) is 66.8 Å². The van der Waals surface area contributed by atoms with Gasteiger partial charge in [-0.2, -0.15) is 13.2 Å². The highest BCUT2D eigenvalue weighted by molar-refractivity contribution is 7.94. The molecule has 4 aromatic rings. The van der Waals surface area contributed by atoms with Gasteiger partial charge in [0.05, 0.1) is 72.5 Å². The highest BCUT2D eigenvalue weighted by Crippen LogP contribution is 2.37. The second-order valence-corrected chi connectivity index (χ2v) is 22.6. The molecule has 1 fully saturated rings. The van der Waals surface area contributed by atoms with E-state index in [0.717, 1.165) is 42.8 Å². The van der Waals surface area contributed by atoms with Crippen LogP contribution in [-0.2, 0) is 70.1 Å². The van der Waals surface area contributed by atoms with Crippen molar-refractivity contribution in [2.75, 3.05) is 62.8 Å². The van der Waals surface area contributed by atoms with Crippen molar-refractivity contribution in [1.82, 2.24) is 19.4 Å². The minimum Gasteiger partial charge on any atom is -0.778 e. The van der Waals surface area contributed by atoms with E-state index >= 15 is 0 Å². The van der Waals surface area contributed by atoms with Crippen molar-refractivity contribution >= 4 is 94.3 Å². The first-order valence-electron chi connectivity index (χ1n) is 22.3. The molecule has 2 atom stereocenters. The van der Waals surface area contributed by atoms with E-state index in [9.17, 15) is 51.4 Å². The number of aliphatic carboxylic acids is 1. The first-order chi connectivity index (χ1) is 34.7. The molecule has 0 radical (unpaired) electrons. The van der Waals surface area contributed by atoms with Crippen LogP contribution in [0.5, 0.6) is 0 Å². The summed E-state index contributed by atoms with van der Waals surface area (Å²) < 4.78 is 70.6. The van der Waals surface area contributed by atoms with Crippen LogP contribution in [0.3, 0.4) is 0 Å². The van der Waals surface area contributed by atoms with E-state index in [1.165, 1.54) is 17.0 Å². The third-order valence-corrected chi connectivity index (χ3v) is 11.2. The Morgan fingerprint density at radius 2 is 1.60 bits per heavy atom. The number of halogens is 7. The van der Waals surface area contributed by atoms with Crippen LogP contribution in [-0.4, -0.2) is 122 Å². The summed E-state index contributed by atoms with van der Waals surface area (Å²) in [7, 11) is -1.24. The number of benzene rings is 2. The highest BCUT2D eigenvalue weighted by Gasteiger charge is 2.45. The Morgan fingerprint density at radius 3 is 2.04 bits per heavy atom. The summed E-state index contributed by atoms with van der Waals surface area (Å²) >= 11 is 22.8. The van der Waals surface area contributed by atoms with Gasteiger partial charge in [-0.15, -0.1) is 11.6 Å². The van der Waals surface area contributed by atoms with Crippen LogP contribution in [0.15, 0.2) is 74.9 Å².